The van der Waals surface area contributed by atoms with Gasteiger partial charge in [0.25, 0.3) is 5.91 Å². The zero-order valence-corrected chi connectivity index (χ0v) is 15.0. The minimum Gasteiger partial charge on any atom is -0.396 e. The highest BCUT2D eigenvalue weighted by atomic mass is 16.2. The van der Waals surface area contributed by atoms with Gasteiger partial charge in [-0.2, -0.15) is 0 Å². The Balaban J connectivity index is 1.96. The first kappa shape index (κ1) is 17.6. The lowest BCUT2D eigenvalue weighted by molar-refractivity contribution is 0.0703. The lowest BCUT2D eigenvalue weighted by Gasteiger charge is -2.29. The maximum atomic E-state index is 13.2. The molecule has 0 aliphatic carbocycles. The molecule has 5 nitrogen and oxygen atoms in total. The number of pyridine rings is 2. The van der Waals surface area contributed by atoms with Gasteiger partial charge in [-0.05, 0) is 31.5 Å². The van der Waals surface area contributed by atoms with Crippen LogP contribution in [-0.4, -0.2) is 27.3 Å². The van der Waals surface area contributed by atoms with Crippen LogP contribution in [0.25, 0.3) is 11.3 Å². The van der Waals surface area contributed by atoms with E-state index < -0.39 is 0 Å². The summed E-state index contributed by atoms with van der Waals surface area (Å²) >= 11 is 0. The SMILES string of the molecule is CCN(C(=O)c1ccnc(-c2ccccc2)c1N)C(C)c1cccnc1. The van der Waals surface area contributed by atoms with Gasteiger partial charge in [-0.3, -0.25) is 14.8 Å². The third-order valence-electron chi connectivity index (χ3n) is 4.50. The first-order chi connectivity index (χ1) is 12.6. The lowest BCUT2D eigenvalue weighted by atomic mass is 10.0. The van der Waals surface area contributed by atoms with Crippen LogP contribution in [0, 0.1) is 0 Å². The van der Waals surface area contributed by atoms with E-state index >= 15 is 0 Å². The number of nitrogens with two attached hydrogens (primary N) is 1. The Morgan fingerprint density at radius 3 is 2.54 bits per heavy atom. The number of carbonyl (C=O) groups excluding carboxylic acids is 1. The summed E-state index contributed by atoms with van der Waals surface area (Å²) in [5, 5.41) is 0. The number of carbonyl (C=O) groups is 1. The summed E-state index contributed by atoms with van der Waals surface area (Å²) in [5.41, 5.74) is 9.70. The van der Waals surface area contributed by atoms with Crippen LogP contribution in [-0.2, 0) is 0 Å². The summed E-state index contributed by atoms with van der Waals surface area (Å²) in [5.74, 6) is -0.110. The third-order valence-corrected chi connectivity index (χ3v) is 4.50. The van der Waals surface area contributed by atoms with Gasteiger partial charge in [-0.25, -0.2) is 0 Å². The van der Waals surface area contributed by atoms with E-state index in [1.807, 2.05) is 56.3 Å². The number of amides is 1. The maximum absolute atomic E-state index is 13.2. The van der Waals surface area contributed by atoms with Crippen molar-refractivity contribution in [3.8, 4) is 11.3 Å². The Morgan fingerprint density at radius 2 is 1.88 bits per heavy atom. The van der Waals surface area contributed by atoms with Gasteiger partial charge in [0.2, 0.25) is 0 Å². The van der Waals surface area contributed by atoms with Crippen LogP contribution in [0.5, 0.6) is 0 Å². The second-order valence-corrected chi connectivity index (χ2v) is 6.04. The summed E-state index contributed by atoms with van der Waals surface area (Å²) in [6, 6.07) is 15.1. The molecule has 2 heterocycles. The van der Waals surface area contributed by atoms with E-state index in [2.05, 4.69) is 9.97 Å². The summed E-state index contributed by atoms with van der Waals surface area (Å²) in [6.45, 7) is 4.52. The Hall–Kier alpha value is -3.21. The largest absolute Gasteiger partial charge is 0.396 e. The summed E-state index contributed by atoms with van der Waals surface area (Å²) in [6.07, 6.45) is 5.14. The van der Waals surface area contributed by atoms with Crippen molar-refractivity contribution in [3.63, 3.8) is 0 Å². The van der Waals surface area contributed by atoms with Crippen LogP contribution in [0.15, 0.2) is 67.1 Å². The molecular weight excluding hydrogens is 324 g/mol. The zero-order chi connectivity index (χ0) is 18.5. The Kier molecular flexibility index (Phi) is 5.27. The van der Waals surface area contributed by atoms with Gasteiger partial charge in [-0.1, -0.05) is 36.4 Å². The molecule has 3 rings (SSSR count). The molecule has 0 aliphatic rings. The van der Waals surface area contributed by atoms with E-state index in [4.69, 9.17) is 5.73 Å². The molecule has 1 atom stereocenters. The molecular formula is C21H22N4O. The number of hydrogen-bond donors (Lipinski definition) is 1. The van der Waals surface area contributed by atoms with Crippen molar-refractivity contribution in [3.05, 3.63) is 78.2 Å². The molecule has 5 heteroatoms. The molecule has 1 amide bonds. The predicted octanol–water partition coefficient (Wildman–Crippen LogP) is 3.95. The van der Waals surface area contributed by atoms with Crippen LogP contribution in [0.3, 0.4) is 0 Å². The van der Waals surface area contributed by atoms with E-state index in [9.17, 15) is 4.79 Å². The quantitative estimate of drug-likeness (QED) is 0.759. The maximum Gasteiger partial charge on any atom is 0.256 e. The van der Waals surface area contributed by atoms with Crippen molar-refractivity contribution in [2.24, 2.45) is 0 Å². The van der Waals surface area contributed by atoms with Gasteiger partial charge >= 0.3 is 0 Å². The predicted molar refractivity (Wildman–Crippen MR) is 103 cm³/mol. The fraction of sp³-hybridized carbons (Fsp3) is 0.190. The number of nitrogen functional groups attached to an aromatic ring is 1. The molecule has 0 bridgehead atoms. The number of benzene rings is 1. The number of aromatic nitrogens is 2. The minimum absolute atomic E-state index is 0.103. The van der Waals surface area contributed by atoms with Crippen molar-refractivity contribution >= 4 is 11.6 Å². The average Bonchev–Trinajstić information content (AvgIpc) is 2.70. The molecule has 26 heavy (non-hydrogen) atoms. The van der Waals surface area contributed by atoms with Crippen LogP contribution in [0.4, 0.5) is 5.69 Å². The summed E-state index contributed by atoms with van der Waals surface area (Å²) < 4.78 is 0. The molecule has 132 valence electrons. The van der Waals surface area contributed by atoms with Crippen LogP contribution < -0.4 is 5.73 Å². The first-order valence-corrected chi connectivity index (χ1v) is 8.64. The van der Waals surface area contributed by atoms with Gasteiger partial charge in [0.1, 0.15) is 0 Å². The number of nitrogens with zero attached hydrogens (tertiary/aromatic N) is 3. The second-order valence-electron chi connectivity index (χ2n) is 6.04. The van der Waals surface area contributed by atoms with Gasteiger partial charge in [0, 0.05) is 30.7 Å². The second kappa shape index (κ2) is 7.78. The lowest BCUT2D eigenvalue weighted by Crippen LogP contribution is -2.34. The Morgan fingerprint density at radius 1 is 1.12 bits per heavy atom. The molecule has 0 radical (unpaired) electrons. The molecule has 0 fully saturated rings. The highest BCUT2D eigenvalue weighted by Gasteiger charge is 2.24. The van der Waals surface area contributed by atoms with E-state index in [-0.39, 0.29) is 11.9 Å². The molecule has 3 aromatic rings. The van der Waals surface area contributed by atoms with Gasteiger partial charge in [-0.15, -0.1) is 0 Å². The van der Waals surface area contributed by atoms with E-state index in [1.165, 1.54) is 0 Å². The fourth-order valence-electron chi connectivity index (χ4n) is 3.04. The normalized spacial score (nSPS) is 11.8. The molecule has 2 N–H and O–H groups in total. The van der Waals surface area contributed by atoms with Crippen LogP contribution in [0.1, 0.15) is 35.8 Å². The van der Waals surface area contributed by atoms with Gasteiger partial charge < -0.3 is 10.6 Å². The van der Waals surface area contributed by atoms with Gasteiger partial charge in [0.05, 0.1) is 23.0 Å². The van der Waals surface area contributed by atoms with Crippen molar-refractivity contribution in [1.29, 1.82) is 0 Å². The van der Waals surface area contributed by atoms with Crippen LogP contribution in [0.2, 0.25) is 0 Å². The summed E-state index contributed by atoms with van der Waals surface area (Å²) in [4.78, 5) is 23.5. The van der Waals surface area contributed by atoms with E-state index in [0.29, 0.717) is 23.5 Å². The smallest absolute Gasteiger partial charge is 0.256 e. The van der Waals surface area contributed by atoms with Gasteiger partial charge in [0.15, 0.2) is 0 Å². The zero-order valence-electron chi connectivity index (χ0n) is 15.0. The molecule has 0 spiro atoms. The van der Waals surface area contributed by atoms with E-state index in [0.717, 1.165) is 11.1 Å². The van der Waals surface area contributed by atoms with Crippen molar-refractivity contribution in [2.75, 3.05) is 12.3 Å². The summed E-state index contributed by atoms with van der Waals surface area (Å²) in [7, 11) is 0. The average molecular weight is 346 g/mol. The minimum atomic E-state index is -0.110. The first-order valence-electron chi connectivity index (χ1n) is 8.64. The molecule has 0 saturated heterocycles. The molecule has 2 aromatic heterocycles. The fourth-order valence-corrected chi connectivity index (χ4v) is 3.04. The standard InChI is InChI=1S/C21H22N4O/c1-3-25(15(2)17-10-7-12-23-14-17)21(26)18-11-13-24-20(19(18)22)16-8-5-4-6-9-16/h4-15H,3,22H2,1-2H3. The van der Waals surface area contributed by atoms with Crippen LogP contribution >= 0.6 is 0 Å². The van der Waals surface area contributed by atoms with E-state index in [1.54, 1.807) is 29.6 Å². The Labute approximate surface area is 153 Å². The number of hydrogen-bond acceptors (Lipinski definition) is 4. The Bertz CT molecular complexity index is 881. The monoisotopic (exact) mass is 346 g/mol. The molecule has 0 aliphatic heterocycles. The van der Waals surface area contributed by atoms with Crippen molar-refractivity contribution < 1.29 is 4.79 Å². The number of rotatable bonds is 5. The van der Waals surface area contributed by atoms with Crippen molar-refractivity contribution in [2.45, 2.75) is 19.9 Å². The third kappa shape index (κ3) is 3.42. The molecule has 0 saturated carbocycles. The highest BCUT2D eigenvalue weighted by Crippen LogP contribution is 2.29. The molecule has 1 aromatic carbocycles. The highest BCUT2D eigenvalue weighted by molar-refractivity contribution is 6.02. The topological polar surface area (TPSA) is 72.1 Å². The number of anilines is 1. The van der Waals surface area contributed by atoms with Crippen molar-refractivity contribution in [1.82, 2.24) is 14.9 Å². The molecule has 1 unspecified atom stereocenters.